The first-order chi connectivity index (χ1) is 7.83. The summed E-state index contributed by atoms with van der Waals surface area (Å²) in [6.45, 7) is 5.63. The minimum absolute atomic E-state index is 0.265. The number of benzene rings is 1. The predicted molar refractivity (Wildman–Crippen MR) is 65.1 cm³/mol. The van der Waals surface area contributed by atoms with Crippen LogP contribution < -0.4 is 5.32 Å². The largest absolute Gasteiger partial charge is 0.392 e. The summed E-state index contributed by atoms with van der Waals surface area (Å²) >= 11 is 0. The van der Waals surface area contributed by atoms with Crippen molar-refractivity contribution in [1.29, 1.82) is 0 Å². The average molecular weight is 241 g/mol. The molecule has 0 saturated heterocycles. The van der Waals surface area contributed by atoms with E-state index in [-0.39, 0.29) is 12.4 Å². The van der Waals surface area contributed by atoms with Gasteiger partial charge in [0.15, 0.2) is 0 Å². The molecule has 2 unspecified atom stereocenters. The third kappa shape index (κ3) is 4.07. The number of rotatable bonds is 5. The van der Waals surface area contributed by atoms with Gasteiger partial charge in [0, 0.05) is 12.1 Å². The number of hydrogen-bond donors (Lipinski definition) is 3. The van der Waals surface area contributed by atoms with Crippen molar-refractivity contribution in [3.63, 3.8) is 0 Å². The minimum Gasteiger partial charge on any atom is -0.392 e. The topological polar surface area (TPSA) is 52.5 Å². The number of nitrogens with one attached hydrogen (secondary N) is 1. The molecule has 0 fully saturated rings. The molecule has 0 saturated carbocycles. The van der Waals surface area contributed by atoms with Crippen LogP contribution >= 0.6 is 0 Å². The Morgan fingerprint density at radius 3 is 2.53 bits per heavy atom. The summed E-state index contributed by atoms with van der Waals surface area (Å²) < 4.78 is 13.0. The Labute approximate surface area is 101 Å². The molecule has 17 heavy (non-hydrogen) atoms. The van der Waals surface area contributed by atoms with E-state index in [0.29, 0.717) is 5.56 Å². The van der Waals surface area contributed by atoms with Crippen molar-refractivity contribution in [2.24, 2.45) is 0 Å². The van der Waals surface area contributed by atoms with Crippen LogP contribution in [0, 0.1) is 5.82 Å². The van der Waals surface area contributed by atoms with Crippen molar-refractivity contribution in [2.75, 3.05) is 6.54 Å². The predicted octanol–water partition coefficient (Wildman–Crippen LogP) is 1.61. The van der Waals surface area contributed by atoms with Crippen LogP contribution in [-0.4, -0.2) is 28.4 Å². The molecule has 0 amide bonds. The quantitative estimate of drug-likeness (QED) is 0.734. The zero-order chi connectivity index (χ0) is 13.1. The number of β-amino-alcohol motifs (C(OH)–C–C–N with tert-alkyl or cyclic N) is 1. The molecule has 0 aromatic heterocycles. The standard InChI is InChI=1S/C13H20FNO2/c1-9(16)13(2,3)15-8-12(17)10-5-4-6-11(14)7-10/h4-7,9,12,15-17H,8H2,1-3H3. The fourth-order valence-corrected chi connectivity index (χ4v) is 1.34. The highest BCUT2D eigenvalue weighted by molar-refractivity contribution is 5.19. The summed E-state index contributed by atoms with van der Waals surface area (Å²) in [6, 6.07) is 5.88. The third-order valence-corrected chi connectivity index (χ3v) is 3.03. The molecular formula is C13H20FNO2. The Bertz CT molecular complexity index is 366. The number of aliphatic hydroxyl groups excluding tert-OH is 2. The smallest absolute Gasteiger partial charge is 0.123 e. The second kappa shape index (κ2) is 5.58. The first-order valence-corrected chi connectivity index (χ1v) is 5.69. The first-order valence-electron chi connectivity index (χ1n) is 5.69. The van der Waals surface area contributed by atoms with Gasteiger partial charge in [0.2, 0.25) is 0 Å². The Kier molecular flexibility index (Phi) is 4.62. The van der Waals surface area contributed by atoms with Gasteiger partial charge in [-0.25, -0.2) is 4.39 Å². The van der Waals surface area contributed by atoms with Gasteiger partial charge >= 0.3 is 0 Å². The van der Waals surface area contributed by atoms with E-state index in [4.69, 9.17) is 0 Å². The van der Waals surface area contributed by atoms with E-state index in [9.17, 15) is 14.6 Å². The molecule has 0 aliphatic heterocycles. The van der Waals surface area contributed by atoms with Gasteiger partial charge in [0.25, 0.3) is 0 Å². The van der Waals surface area contributed by atoms with Crippen molar-refractivity contribution >= 4 is 0 Å². The number of halogens is 1. The average Bonchev–Trinajstić information content (AvgIpc) is 2.25. The molecule has 96 valence electrons. The van der Waals surface area contributed by atoms with Crippen LogP contribution in [0.25, 0.3) is 0 Å². The zero-order valence-corrected chi connectivity index (χ0v) is 10.4. The summed E-state index contributed by atoms with van der Waals surface area (Å²) in [6.07, 6.45) is -1.33. The SMILES string of the molecule is CC(O)C(C)(C)NCC(O)c1cccc(F)c1. The second-order valence-electron chi connectivity index (χ2n) is 4.85. The highest BCUT2D eigenvalue weighted by atomic mass is 19.1. The third-order valence-electron chi connectivity index (χ3n) is 3.03. The molecule has 0 radical (unpaired) electrons. The van der Waals surface area contributed by atoms with Gasteiger partial charge in [-0.2, -0.15) is 0 Å². The summed E-state index contributed by atoms with van der Waals surface area (Å²) in [5.74, 6) is -0.365. The summed E-state index contributed by atoms with van der Waals surface area (Å²) in [7, 11) is 0. The molecule has 4 heteroatoms. The van der Waals surface area contributed by atoms with Crippen LogP contribution in [0.3, 0.4) is 0 Å². The summed E-state index contributed by atoms with van der Waals surface area (Å²) in [5.41, 5.74) is 0.0350. The van der Waals surface area contributed by atoms with Crippen LogP contribution in [0.4, 0.5) is 4.39 Å². The molecule has 1 rings (SSSR count). The first kappa shape index (κ1) is 14.1. The van der Waals surface area contributed by atoms with E-state index >= 15 is 0 Å². The molecule has 2 atom stereocenters. The fourth-order valence-electron chi connectivity index (χ4n) is 1.34. The molecule has 0 heterocycles. The molecule has 0 spiro atoms. The molecule has 0 aliphatic rings. The van der Waals surface area contributed by atoms with Crippen molar-refractivity contribution in [3.8, 4) is 0 Å². The van der Waals surface area contributed by atoms with Crippen molar-refractivity contribution in [3.05, 3.63) is 35.6 Å². The second-order valence-corrected chi connectivity index (χ2v) is 4.85. The fraction of sp³-hybridized carbons (Fsp3) is 0.538. The lowest BCUT2D eigenvalue weighted by Crippen LogP contribution is -2.49. The Morgan fingerprint density at radius 2 is 2.00 bits per heavy atom. The lowest BCUT2D eigenvalue weighted by atomic mass is 9.98. The minimum atomic E-state index is -0.788. The van der Waals surface area contributed by atoms with Gasteiger partial charge in [0.05, 0.1) is 12.2 Å². The molecule has 1 aromatic rings. The zero-order valence-electron chi connectivity index (χ0n) is 10.4. The van der Waals surface area contributed by atoms with Crippen LogP contribution in [0.2, 0.25) is 0 Å². The van der Waals surface area contributed by atoms with E-state index in [0.717, 1.165) is 0 Å². The number of hydrogen-bond acceptors (Lipinski definition) is 3. The van der Waals surface area contributed by atoms with E-state index in [2.05, 4.69) is 5.32 Å². The van der Waals surface area contributed by atoms with Gasteiger partial charge in [0.1, 0.15) is 5.82 Å². The van der Waals surface area contributed by atoms with Crippen molar-refractivity contribution in [2.45, 2.75) is 38.5 Å². The highest BCUT2D eigenvalue weighted by Gasteiger charge is 2.24. The van der Waals surface area contributed by atoms with E-state index < -0.39 is 17.7 Å². The molecule has 0 aliphatic carbocycles. The maximum absolute atomic E-state index is 13.0. The number of aliphatic hydroxyl groups is 2. The van der Waals surface area contributed by atoms with Gasteiger partial charge < -0.3 is 15.5 Å². The van der Waals surface area contributed by atoms with Crippen molar-refractivity contribution < 1.29 is 14.6 Å². The van der Waals surface area contributed by atoms with Crippen LogP contribution in [0.15, 0.2) is 24.3 Å². The highest BCUT2D eigenvalue weighted by Crippen LogP contribution is 2.15. The normalized spacial score (nSPS) is 15.6. The summed E-state index contributed by atoms with van der Waals surface area (Å²) in [4.78, 5) is 0. The van der Waals surface area contributed by atoms with Gasteiger partial charge in [-0.1, -0.05) is 12.1 Å². The Morgan fingerprint density at radius 1 is 1.35 bits per heavy atom. The molecule has 0 bridgehead atoms. The molecule has 3 nitrogen and oxygen atoms in total. The molecule has 3 N–H and O–H groups in total. The molecule has 1 aromatic carbocycles. The van der Waals surface area contributed by atoms with Gasteiger partial charge in [-0.15, -0.1) is 0 Å². The van der Waals surface area contributed by atoms with E-state index in [1.807, 2.05) is 13.8 Å². The Hall–Kier alpha value is -0.970. The lowest BCUT2D eigenvalue weighted by Gasteiger charge is -2.30. The van der Waals surface area contributed by atoms with Crippen LogP contribution in [0.1, 0.15) is 32.4 Å². The van der Waals surface area contributed by atoms with E-state index in [1.165, 1.54) is 12.1 Å². The maximum Gasteiger partial charge on any atom is 0.123 e. The van der Waals surface area contributed by atoms with Crippen LogP contribution in [-0.2, 0) is 0 Å². The van der Waals surface area contributed by atoms with Crippen LogP contribution in [0.5, 0.6) is 0 Å². The summed E-state index contributed by atoms with van der Waals surface area (Å²) in [5, 5.41) is 22.4. The monoisotopic (exact) mass is 241 g/mol. The van der Waals surface area contributed by atoms with Crippen molar-refractivity contribution in [1.82, 2.24) is 5.32 Å². The van der Waals surface area contributed by atoms with E-state index in [1.54, 1.807) is 19.1 Å². The maximum atomic E-state index is 13.0. The molecular weight excluding hydrogens is 221 g/mol. The van der Waals surface area contributed by atoms with Gasteiger partial charge in [-0.3, -0.25) is 0 Å². The van der Waals surface area contributed by atoms with Gasteiger partial charge in [-0.05, 0) is 38.5 Å². The lowest BCUT2D eigenvalue weighted by molar-refractivity contribution is 0.0803. The Balaban J connectivity index is 2.59.